The highest BCUT2D eigenvalue weighted by molar-refractivity contribution is 6.09. The zero-order valence-corrected chi connectivity index (χ0v) is 44.3. The molecule has 0 saturated carbocycles. The molecule has 3 saturated heterocycles. The summed E-state index contributed by atoms with van der Waals surface area (Å²) in [6, 6.07) is 15.8. The second kappa shape index (κ2) is 27.3. The molecule has 0 aromatic heterocycles. The lowest BCUT2D eigenvalue weighted by Gasteiger charge is -2.48. The predicted molar refractivity (Wildman–Crippen MR) is 275 cm³/mol. The Balaban J connectivity index is 0.795. The van der Waals surface area contributed by atoms with E-state index in [1.165, 1.54) is 13.0 Å². The number of rotatable bonds is 23. The van der Waals surface area contributed by atoms with Gasteiger partial charge in [0.15, 0.2) is 18.9 Å². The predicted octanol–water partition coefficient (Wildman–Crippen LogP) is -2.26. The number of fused-ring (bicyclic) bond motifs is 2. The molecule has 24 heteroatoms. The summed E-state index contributed by atoms with van der Waals surface area (Å²) in [5.41, 5.74) is 3.05. The van der Waals surface area contributed by atoms with Gasteiger partial charge in [-0.3, -0.25) is 9.59 Å². The first kappa shape index (κ1) is 60.4. The standard InChI is InChI=1S/C54H74N4O20/c1-27-41(62)42(63)45(66)53(73-27)77-49-38(26-60)76-54(47(68)44(49)65)78-48-37(25-59)75-52(46(67)43(48)64)72-21-11-9-7-6-8-10-12-39(61)55-19-20-56-50(69)28-13-16-31(34(22-28)51(70)71)40-32-17-14-29(57(2)3)23-35(32)74-36-24-30(58(4)5)15-18-33(36)40/h13-18,22-24,27,37-38,41-49,52-54,59-60,62-68H,6-12,19-21,25-26H2,1-5H3,(H2-,55,56,61,69,70,71)/t27-,37-,38-,41+,42+,43-,44-,45-,46-,47-,48-,49+,52-,53-,54+/m1/s1. The van der Waals surface area contributed by atoms with Crippen LogP contribution in [0.2, 0.25) is 0 Å². The van der Waals surface area contributed by atoms with E-state index in [1.54, 1.807) is 12.1 Å². The molecule has 3 fully saturated rings. The maximum Gasteiger partial charge on any atom is 0.251 e. The minimum Gasteiger partial charge on any atom is -0.545 e. The summed E-state index contributed by atoms with van der Waals surface area (Å²) in [7, 11) is 7.64. The Morgan fingerprint density at radius 3 is 1.90 bits per heavy atom. The first-order chi connectivity index (χ1) is 37.2. The fraction of sp³-hybridized carbons (Fsp3) is 0.593. The number of aromatic carboxylic acids is 1. The molecule has 1 aliphatic carbocycles. The van der Waals surface area contributed by atoms with Crippen LogP contribution < -0.4 is 30.6 Å². The summed E-state index contributed by atoms with van der Waals surface area (Å²) in [5, 5.41) is 114. The highest BCUT2D eigenvalue weighted by Gasteiger charge is 2.53. The maximum absolute atomic E-state index is 13.2. The van der Waals surface area contributed by atoms with Gasteiger partial charge >= 0.3 is 0 Å². The van der Waals surface area contributed by atoms with Crippen LogP contribution in [0.1, 0.15) is 72.6 Å². The molecule has 15 atom stereocenters. The van der Waals surface area contributed by atoms with Gasteiger partial charge in [-0.15, -0.1) is 0 Å². The van der Waals surface area contributed by atoms with Crippen LogP contribution in [0, 0.1) is 0 Å². The Labute approximate surface area is 450 Å². The SMILES string of the molecule is C[C@H]1O[C@H](O[C@@H]2[C@H](O)[C@@H](O)[C@H](O[C@H]3[C@H](O)[C@@H](O)[C@H](OCCCCCCCCC(=O)NCCNC(=O)c4ccc(-c5c6ccc(=[N+](C)C)cc-6oc6cc(N(C)C)ccc56)c(C(=O)[O-])c4)O[C@@H]3CO)O[C@@H]2CO)[C@H](O)[C@@H](O)[C@H]1O. The van der Waals surface area contributed by atoms with Gasteiger partial charge in [-0.25, -0.2) is 4.58 Å². The number of nitrogens with one attached hydrogen (secondary N) is 2. The second-order valence-electron chi connectivity index (χ2n) is 20.3. The quantitative estimate of drug-likeness (QED) is 0.0212. The van der Waals surface area contributed by atoms with Crippen LogP contribution in [-0.4, -0.2) is 217 Å². The minimum absolute atomic E-state index is 0.101. The number of ether oxygens (including phenoxy) is 6. The summed E-state index contributed by atoms with van der Waals surface area (Å²) in [6.07, 6.45) is -18.9. The molecule has 78 heavy (non-hydrogen) atoms. The smallest absolute Gasteiger partial charge is 0.251 e. The molecule has 0 spiro atoms. The molecule has 0 bridgehead atoms. The number of hydrogen-bond donors (Lipinski definition) is 11. The number of aliphatic hydroxyl groups excluding tert-OH is 9. The minimum atomic E-state index is -1.90. The zero-order valence-electron chi connectivity index (χ0n) is 44.3. The van der Waals surface area contributed by atoms with E-state index in [0.29, 0.717) is 46.3 Å². The molecule has 11 N–H and O–H groups in total. The summed E-state index contributed by atoms with van der Waals surface area (Å²) in [4.78, 5) is 40.4. The number of carboxylic acids is 1. The lowest BCUT2D eigenvalue weighted by Crippen LogP contribution is -2.66. The molecular weight excluding hydrogens is 1020 g/mol. The highest BCUT2D eigenvalue weighted by Crippen LogP contribution is 2.42. The summed E-state index contributed by atoms with van der Waals surface area (Å²) < 4.78 is 42.1. The Morgan fingerprint density at radius 1 is 0.667 bits per heavy atom. The summed E-state index contributed by atoms with van der Waals surface area (Å²) >= 11 is 0. The summed E-state index contributed by atoms with van der Waals surface area (Å²) in [5.74, 6) is -1.61. The van der Waals surface area contributed by atoms with E-state index in [9.17, 15) is 65.4 Å². The zero-order chi connectivity index (χ0) is 56.5. The van der Waals surface area contributed by atoms with Gasteiger partial charge in [0.1, 0.15) is 92.6 Å². The van der Waals surface area contributed by atoms with Crippen molar-refractivity contribution in [3.8, 4) is 22.5 Å². The molecule has 430 valence electrons. The van der Waals surface area contributed by atoms with Gasteiger partial charge in [-0.05, 0) is 55.7 Å². The monoisotopic (exact) mass is 1100 g/mol. The molecule has 5 aliphatic rings. The number of hydrogen-bond acceptors (Lipinski definition) is 21. The van der Waals surface area contributed by atoms with E-state index in [0.717, 1.165) is 36.7 Å². The number of unbranched alkanes of at least 4 members (excludes halogenated alkanes) is 5. The van der Waals surface area contributed by atoms with Gasteiger partial charge in [0, 0.05) is 85.7 Å². The largest absolute Gasteiger partial charge is 0.545 e. The molecule has 0 unspecified atom stereocenters. The number of benzene rings is 3. The van der Waals surface area contributed by atoms with Crippen molar-refractivity contribution in [3.63, 3.8) is 0 Å². The van der Waals surface area contributed by atoms with Crippen LogP contribution in [0.15, 0.2) is 59.0 Å². The van der Waals surface area contributed by atoms with Crippen molar-refractivity contribution >= 4 is 34.4 Å². The Kier molecular flexibility index (Phi) is 21.1. The van der Waals surface area contributed by atoms with Crippen LogP contribution in [0.5, 0.6) is 0 Å². The van der Waals surface area contributed by atoms with Crippen molar-refractivity contribution in [2.24, 2.45) is 0 Å². The second-order valence-corrected chi connectivity index (χ2v) is 20.3. The normalized spacial score (nSPS) is 29.3. The number of anilines is 1. The van der Waals surface area contributed by atoms with Crippen LogP contribution in [0.4, 0.5) is 5.69 Å². The van der Waals surface area contributed by atoms with Crippen molar-refractivity contribution in [2.45, 2.75) is 144 Å². The first-order valence-corrected chi connectivity index (χ1v) is 26.2. The topological polar surface area (TPSA) is 355 Å². The third-order valence-corrected chi connectivity index (χ3v) is 14.3. The van der Waals surface area contributed by atoms with Gasteiger partial charge in [-0.1, -0.05) is 31.7 Å². The molecule has 7 rings (SSSR count). The van der Waals surface area contributed by atoms with Crippen LogP contribution in [-0.2, 0) is 33.2 Å². The maximum atomic E-state index is 13.2. The van der Waals surface area contributed by atoms with E-state index in [-0.39, 0.29) is 43.2 Å². The third-order valence-electron chi connectivity index (χ3n) is 14.3. The number of amides is 2. The Morgan fingerprint density at radius 2 is 1.26 bits per heavy atom. The molecule has 2 aromatic carbocycles. The van der Waals surface area contributed by atoms with Gasteiger partial charge in [-0.2, -0.15) is 0 Å². The number of aliphatic hydroxyl groups is 9. The van der Waals surface area contributed by atoms with E-state index in [2.05, 4.69) is 10.6 Å². The number of carbonyl (C=O) groups excluding carboxylic acids is 3. The lowest BCUT2D eigenvalue weighted by molar-refractivity contribution is -0.378. The molecule has 2 amide bonds. The van der Waals surface area contributed by atoms with Gasteiger partial charge in [0.25, 0.3) is 5.91 Å². The van der Waals surface area contributed by atoms with E-state index in [1.807, 2.05) is 74.1 Å². The fourth-order valence-electron chi connectivity index (χ4n) is 9.78. The number of carboxylic acid groups (broad SMARTS) is 1. The molecule has 24 nitrogen and oxygen atoms in total. The van der Waals surface area contributed by atoms with E-state index in [4.69, 9.17) is 32.8 Å². The van der Waals surface area contributed by atoms with Crippen molar-refractivity contribution < 1.29 is 98.3 Å². The molecule has 4 heterocycles. The van der Waals surface area contributed by atoms with Gasteiger partial charge < -0.3 is 104 Å². The van der Waals surface area contributed by atoms with Crippen LogP contribution in [0.3, 0.4) is 0 Å². The third kappa shape index (κ3) is 14.0. The fourth-order valence-corrected chi connectivity index (χ4v) is 9.78. The lowest BCUT2D eigenvalue weighted by atomic mass is 9.89. The first-order valence-electron chi connectivity index (χ1n) is 26.2. The summed E-state index contributed by atoms with van der Waals surface area (Å²) in [6.45, 7) is 0.271. The average molecular weight is 1100 g/mol. The van der Waals surface area contributed by atoms with Crippen LogP contribution >= 0.6 is 0 Å². The Bertz CT molecular complexity index is 2700. The van der Waals surface area contributed by atoms with Crippen molar-refractivity contribution in [3.05, 3.63) is 71.1 Å². The average Bonchev–Trinajstić information content (AvgIpc) is 3.49. The van der Waals surface area contributed by atoms with Crippen molar-refractivity contribution in [1.82, 2.24) is 15.2 Å². The van der Waals surface area contributed by atoms with E-state index < -0.39 is 117 Å². The molecule has 2 aromatic rings. The number of nitrogens with zero attached hydrogens (tertiary/aromatic N) is 2. The van der Waals surface area contributed by atoms with Crippen LogP contribution in [0.25, 0.3) is 33.4 Å². The molecular formula is C54H74N4O20. The van der Waals surface area contributed by atoms with Gasteiger partial charge in [0.2, 0.25) is 11.3 Å². The number of carbonyl (C=O) groups is 3. The van der Waals surface area contributed by atoms with Crippen molar-refractivity contribution in [1.29, 1.82) is 0 Å². The Hall–Kier alpha value is -5.26. The molecule has 4 aliphatic heterocycles. The highest BCUT2D eigenvalue weighted by atomic mass is 16.8. The van der Waals surface area contributed by atoms with E-state index >= 15 is 0 Å². The van der Waals surface area contributed by atoms with Gasteiger partial charge in [0.05, 0.1) is 31.4 Å². The molecule has 0 radical (unpaired) electrons. The van der Waals surface area contributed by atoms with Crippen molar-refractivity contribution in [2.75, 3.05) is 66.0 Å².